The number of anilines is 1. The molecule has 102 valence electrons. The monoisotopic (exact) mass is 279 g/mol. The van der Waals surface area contributed by atoms with Crippen LogP contribution in [0.2, 0.25) is 0 Å². The van der Waals surface area contributed by atoms with Gasteiger partial charge in [0.2, 0.25) is 0 Å². The largest absolute Gasteiger partial charge is 0.431 e. The number of ether oxygens (including phenoxy) is 1. The second-order valence-electron chi connectivity index (χ2n) is 4.65. The average molecular weight is 279 g/mol. The smallest absolute Gasteiger partial charge is 0.187 e. The molecule has 0 unspecified atom stereocenters. The summed E-state index contributed by atoms with van der Waals surface area (Å²) in [4.78, 5) is 11.5. The van der Waals surface area contributed by atoms with Crippen LogP contribution < -0.4 is 4.90 Å². The highest BCUT2D eigenvalue weighted by Gasteiger charge is 2.18. The third kappa shape index (κ3) is 2.37. The van der Waals surface area contributed by atoms with Gasteiger partial charge in [0.1, 0.15) is 6.33 Å². The highest BCUT2D eigenvalue weighted by atomic mass is 32.1. The van der Waals surface area contributed by atoms with E-state index < -0.39 is 0 Å². The van der Waals surface area contributed by atoms with Crippen LogP contribution in [0.5, 0.6) is 0 Å². The number of thiazole rings is 1. The minimum Gasteiger partial charge on any atom is -0.431 e. The predicted octanol–water partition coefficient (Wildman–Crippen LogP) is 1.55. The summed E-state index contributed by atoms with van der Waals surface area (Å²) in [5, 5.41) is 3.20. The van der Waals surface area contributed by atoms with Gasteiger partial charge >= 0.3 is 0 Å². The third-order valence-corrected chi connectivity index (χ3v) is 4.39. The SMILES string of the molecule is CCc1ncn(-c2csc(N3CC[OH+]CC3)n2)c1C. The lowest BCUT2D eigenvalue weighted by molar-refractivity contribution is -0.0437. The maximum Gasteiger partial charge on any atom is 0.187 e. The van der Waals surface area contributed by atoms with E-state index in [0.29, 0.717) is 0 Å². The van der Waals surface area contributed by atoms with Crippen molar-refractivity contribution in [1.82, 2.24) is 14.5 Å². The van der Waals surface area contributed by atoms with Gasteiger partial charge in [-0.25, -0.2) is 9.97 Å². The summed E-state index contributed by atoms with van der Waals surface area (Å²) in [6.45, 7) is 8.03. The number of aryl methyl sites for hydroxylation is 1. The number of aliphatic hydroxyl groups is 2. The van der Waals surface area contributed by atoms with Crippen LogP contribution >= 0.6 is 11.3 Å². The Balaban J connectivity index is 1.85. The molecule has 0 amide bonds. The van der Waals surface area contributed by atoms with Crippen molar-refractivity contribution in [1.29, 1.82) is 0 Å². The van der Waals surface area contributed by atoms with Gasteiger partial charge in [-0.1, -0.05) is 6.92 Å². The van der Waals surface area contributed by atoms with Crippen molar-refractivity contribution < 1.29 is 4.74 Å². The zero-order chi connectivity index (χ0) is 13.2. The molecule has 1 aliphatic rings. The van der Waals surface area contributed by atoms with Gasteiger partial charge in [0.05, 0.1) is 18.8 Å². The van der Waals surface area contributed by atoms with Gasteiger partial charge < -0.3 is 9.64 Å². The number of aromatic nitrogens is 3. The highest BCUT2D eigenvalue weighted by Crippen LogP contribution is 2.24. The summed E-state index contributed by atoms with van der Waals surface area (Å²) < 4.78 is 6.44. The molecule has 5 nitrogen and oxygen atoms in total. The normalized spacial score (nSPS) is 16.0. The fraction of sp³-hybridized carbons (Fsp3) is 0.538. The van der Waals surface area contributed by atoms with Crippen LogP contribution in [-0.4, -0.2) is 45.6 Å². The third-order valence-electron chi connectivity index (χ3n) is 3.50. The molecule has 1 aliphatic heterocycles. The molecule has 2 aromatic heterocycles. The Hall–Kier alpha value is -1.40. The fourth-order valence-corrected chi connectivity index (χ4v) is 3.19. The van der Waals surface area contributed by atoms with Crippen LogP contribution in [-0.2, 0) is 6.42 Å². The number of hydrogen-bond donors (Lipinski definition) is 0. The summed E-state index contributed by atoms with van der Waals surface area (Å²) in [6, 6.07) is 0. The number of imidazole rings is 1. The fourth-order valence-electron chi connectivity index (χ4n) is 2.33. The lowest BCUT2D eigenvalue weighted by Gasteiger charge is -2.23. The molecular formula is C13H19N4OS+. The minimum absolute atomic E-state index is 0.916. The molecule has 0 saturated carbocycles. The first-order valence-electron chi connectivity index (χ1n) is 6.66. The Kier molecular flexibility index (Phi) is 3.52. The van der Waals surface area contributed by atoms with Crippen molar-refractivity contribution in [3.05, 3.63) is 23.1 Å². The molecule has 1 fully saturated rings. The van der Waals surface area contributed by atoms with E-state index >= 15 is 0 Å². The molecule has 2 aromatic rings. The Bertz CT molecular complexity index is 557. The summed E-state index contributed by atoms with van der Waals surface area (Å²) in [5.74, 6) is 0.979. The maximum atomic E-state index is 4.74. The molecule has 0 radical (unpaired) electrons. The van der Waals surface area contributed by atoms with Crippen molar-refractivity contribution in [2.24, 2.45) is 0 Å². The Morgan fingerprint density at radius 1 is 1.37 bits per heavy atom. The summed E-state index contributed by atoms with van der Waals surface area (Å²) in [5.41, 5.74) is 2.33. The molecule has 3 rings (SSSR count). The van der Waals surface area contributed by atoms with Crippen LogP contribution in [0.25, 0.3) is 5.82 Å². The van der Waals surface area contributed by atoms with E-state index in [9.17, 15) is 0 Å². The molecule has 0 spiro atoms. The van der Waals surface area contributed by atoms with Gasteiger partial charge in [-0.2, -0.15) is 0 Å². The van der Waals surface area contributed by atoms with Crippen molar-refractivity contribution in [2.45, 2.75) is 20.3 Å². The van der Waals surface area contributed by atoms with Gasteiger partial charge in [-0.05, 0) is 13.3 Å². The number of hydrogen-bond acceptors (Lipinski definition) is 4. The molecule has 19 heavy (non-hydrogen) atoms. The first-order valence-corrected chi connectivity index (χ1v) is 7.54. The van der Waals surface area contributed by atoms with Crippen molar-refractivity contribution in [3.8, 4) is 5.82 Å². The van der Waals surface area contributed by atoms with Crippen LogP contribution in [0, 0.1) is 6.92 Å². The molecule has 0 bridgehead atoms. The zero-order valence-electron chi connectivity index (χ0n) is 11.3. The zero-order valence-corrected chi connectivity index (χ0v) is 12.2. The first kappa shape index (κ1) is 12.6. The number of morpholine rings is 1. The number of nitrogens with zero attached hydrogens (tertiary/aromatic N) is 4. The van der Waals surface area contributed by atoms with Crippen molar-refractivity contribution >= 4 is 16.5 Å². The maximum absolute atomic E-state index is 4.74. The number of rotatable bonds is 3. The molecular weight excluding hydrogens is 260 g/mol. The standard InChI is InChI=1S/C13H18N4OS/c1-3-11-10(2)17(9-14-11)12-8-19-13(15-12)16-4-6-18-7-5-16/h8-9H,3-7H2,1-2H3/p+1. The van der Waals surface area contributed by atoms with Gasteiger partial charge in [0, 0.05) is 11.1 Å². The highest BCUT2D eigenvalue weighted by molar-refractivity contribution is 7.14. The quantitative estimate of drug-likeness (QED) is 0.801. The first-order chi connectivity index (χ1) is 9.29. The average Bonchev–Trinajstić information content (AvgIpc) is 3.06. The van der Waals surface area contributed by atoms with Gasteiger partial charge in [-0.15, -0.1) is 11.3 Å². The Labute approximate surface area is 116 Å². The molecule has 3 heterocycles. The Morgan fingerprint density at radius 3 is 2.84 bits per heavy atom. The van der Waals surface area contributed by atoms with Crippen molar-refractivity contribution in [2.75, 3.05) is 31.2 Å². The van der Waals surface area contributed by atoms with Gasteiger partial charge in [-0.3, -0.25) is 4.57 Å². The van der Waals surface area contributed by atoms with Crippen LogP contribution in [0.4, 0.5) is 5.13 Å². The molecule has 6 heteroatoms. The second-order valence-corrected chi connectivity index (χ2v) is 5.48. The van der Waals surface area contributed by atoms with Gasteiger partial charge in [0.15, 0.2) is 24.2 Å². The topological polar surface area (TPSA) is 46.8 Å². The summed E-state index contributed by atoms with van der Waals surface area (Å²) in [7, 11) is 0. The summed E-state index contributed by atoms with van der Waals surface area (Å²) >= 11 is 1.70. The van der Waals surface area contributed by atoms with Gasteiger partial charge in [0.25, 0.3) is 0 Å². The minimum atomic E-state index is 0.916. The van der Waals surface area contributed by atoms with E-state index in [1.807, 2.05) is 6.33 Å². The predicted molar refractivity (Wildman–Crippen MR) is 77.5 cm³/mol. The van der Waals surface area contributed by atoms with Crippen LogP contribution in [0.15, 0.2) is 11.7 Å². The van der Waals surface area contributed by atoms with E-state index in [0.717, 1.165) is 49.4 Å². The lowest BCUT2D eigenvalue weighted by Crippen LogP contribution is -2.38. The Morgan fingerprint density at radius 2 is 2.16 bits per heavy atom. The molecule has 1 N–H and O–H groups in total. The molecule has 0 aromatic carbocycles. The van der Waals surface area contributed by atoms with E-state index in [2.05, 4.69) is 38.4 Å². The molecule has 0 atom stereocenters. The van der Waals surface area contributed by atoms with E-state index in [1.165, 1.54) is 5.69 Å². The molecule has 1 saturated heterocycles. The van der Waals surface area contributed by atoms with E-state index in [-0.39, 0.29) is 0 Å². The summed E-state index contributed by atoms with van der Waals surface area (Å²) in [6.07, 6.45) is 2.84. The lowest BCUT2D eigenvalue weighted by atomic mass is 10.3. The van der Waals surface area contributed by atoms with E-state index in [1.54, 1.807) is 11.3 Å². The van der Waals surface area contributed by atoms with E-state index in [4.69, 9.17) is 4.98 Å². The van der Waals surface area contributed by atoms with Crippen LogP contribution in [0.3, 0.4) is 0 Å². The van der Waals surface area contributed by atoms with Crippen molar-refractivity contribution in [3.63, 3.8) is 0 Å². The van der Waals surface area contributed by atoms with Crippen LogP contribution in [0.1, 0.15) is 18.3 Å². The second kappa shape index (κ2) is 5.30. The molecule has 0 aliphatic carbocycles.